The molecule has 6 nitrogen and oxygen atoms in total. The van der Waals surface area contributed by atoms with Gasteiger partial charge in [0.1, 0.15) is 12.1 Å². The molecule has 2 unspecified atom stereocenters. The summed E-state index contributed by atoms with van der Waals surface area (Å²) in [5, 5.41) is 9.10. The summed E-state index contributed by atoms with van der Waals surface area (Å²) in [5.41, 5.74) is 0. The lowest BCUT2D eigenvalue weighted by molar-refractivity contribution is -0.146. The number of carbonyl (C=O) groups excluding carboxylic acids is 2. The number of esters is 1. The fourth-order valence-electron chi connectivity index (χ4n) is 4.64. The fraction of sp³-hybridized carbons (Fsp3) is 0.824. The SMILES string of the molecule is CC(=O)OC1C[C@@H]2CC(N(Cl)CC(=O)N3CCC[C@H]3C#N)C[C@@H]2C1. The number of likely N-dealkylation sites (tertiary alicyclic amines) is 1. The van der Waals surface area contributed by atoms with Gasteiger partial charge in [-0.15, -0.1) is 0 Å². The molecule has 0 aromatic rings. The predicted octanol–water partition coefficient (Wildman–Crippen LogP) is 2.08. The molecule has 1 saturated heterocycles. The van der Waals surface area contributed by atoms with Crippen molar-refractivity contribution in [2.75, 3.05) is 13.1 Å². The van der Waals surface area contributed by atoms with Crippen molar-refractivity contribution in [3.63, 3.8) is 0 Å². The van der Waals surface area contributed by atoms with Crippen LogP contribution in [-0.2, 0) is 14.3 Å². The van der Waals surface area contributed by atoms with E-state index in [2.05, 4.69) is 6.07 Å². The van der Waals surface area contributed by atoms with Crippen LogP contribution < -0.4 is 0 Å². The highest BCUT2D eigenvalue weighted by Crippen LogP contribution is 2.47. The second-order valence-corrected chi connectivity index (χ2v) is 7.71. The van der Waals surface area contributed by atoms with Crippen LogP contribution in [0.1, 0.15) is 45.4 Å². The van der Waals surface area contributed by atoms with E-state index in [1.165, 1.54) is 6.92 Å². The molecule has 3 fully saturated rings. The van der Waals surface area contributed by atoms with Gasteiger partial charge in [0.2, 0.25) is 5.91 Å². The first-order valence-corrected chi connectivity index (χ1v) is 9.10. The first kappa shape index (κ1) is 17.5. The lowest BCUT2D eigenvalue weighted by Gasteiger charge is -2.26. The Morgan fingerprint density at radius 3 is 2.54 bits per heavy atom. The van der Waals surface area contributed by atoms with Crippen LogP contribution in [0.25, 0.3) is 0 Å². The lowest BCUT2D eigenvalue weighted by Crippen LogP contribution is -2.42. The lowest BCUT2D eigenvalue weighted by atomic mass is 10.0. The molecule has 1 heterocycles. The van der Waals surface area contributed by atoms with Crippen LogP contribution in [0.3, 0.4) is 0 Å². The van der Waals surface area contributed by atoms with Gasteiger partial charge >= 0.3 is 5.97 Å². The van der Waals surface area contributed by atoms with Crippen LogP contribution in [0.5, 0.6) is 0 Å². The number of rotatable bonds is 4. The third kappa shape index (κ3) is 3.68. The molecule has 2 aliphatic carbocycles. The largest absolute Gasteiger partial charge is 0.463 e. The Bertz CT molecular complexity index is 536. The Balaban J connectivity index is 1.48. The molecule has 1 amide bonds. The zero-order chi connectivity index (χ0) is 17.3. The normalized spacial score (nSPS) is 35.1. The standard InChI is InChI=1S/C17H24ClN3O3/c1-11(22)24-16-7-12-5-15(6-13(12)8-16)21(18)10-17(23)20-4-2-3-14(20)9-19/h12-16H,2-8,10H2,1H3/t12-,13+,14-,15?,16?/m0/s1. The van der Waals surface area contributed by atoms with E-state index in [1.54, 1.807) is 9.32 Å². The molecular weight excluding hydrogens is 330 g/mol. The second-order valence-electron chi connectivity index (χ2n) is 7.28. The highest BCUT2D eigenvalue weighted by atomic mass is 35.5. The van der Waals surface area contributed by atoms with Gasteiger partial charge in [0.15, 0.2) is 0 Å². The Hall–Kier alpha value is -1.32. The molecule has 2 saturated carbocycles. The molecular formula is C17H24ClN3O3. The number of nitrogens with zero attached hydrogens (tertiary/aromatic N) is 3. The topological polar surface area (TPSA) is 73.6 Å². The van der Waals surface area contributed by atoms with E-state index in [0.29, 0.717) is 18.4 Å². The van der Waals surface area contributed by atoms with E-state index in [-0.39, 0.29) is 36.6 Å². The molecule has 5 atom stereocenters. The number of hydrogen-bond donors (Lipinski definition) is 0. The molecule has 3 rings (SSSR count). The highest BCUT2D eigenvalue weighted by Gasteiger charge is 2.44. The first-order valence-electron chi connectivity index (χ1n) is 8.76. The van der Waals surface area contributed by atoms with E-state index in [0.717, 1.165) is 38.5 Å². The third-order valence-electron chi connectivity index (χ3n) is 5.68. The van der Waals surface area contributed by atoms with Gasteiger partial charge in [-0.2, -0.15) is 5.26 Å². The van der Waals surface area contributed by atoms with Crippen molar-refractivity contribution in [2.24, 2.45) is 11.8 Å². The van der Waals surface area contributed by atoms with Gasteiger partial charge in [-0.05, 0) is 62.1 Å². The minimum Gasteiger partial charge on any atom is -0.463 e. The fourth-order valence-corrected chi connectivity index (χ4v) is 4.90. The van der Waals surface area contributed by atoms with Gasteiger partial charge in [0.05, 0.1) is 12.6 Å². The van der Waals surface area contributed by atoms with Crippen LogP contribution in [0.2, 0.25) is 0 Å². The second kappa shape index (κ2) is 7.28. The van der Waals surface area contributed by atoms with Crippen LogP contribution in [-0.4, -0.2) is 52.5 Å². The number of halogens is 1. The van der Waals surface area contributed by atoms with Gasteiger partial charge in [-0.3, -0.25) is 9.59 Å². The van der Waals surface area contributed by atoms with Crippen LogP contribution in [0.4, 0.5) is 0 Å². The van der Waals surface area contributed by atoms with E-state index in [1.807, 2.05) is 0 Å². The summed E-state index contributed by atoms with van der Waals surface area (Å²) in [5.74, 6) is 0.784. The number of hydrogen-bond acceptors (Lipinski definition) is 5. The zero-order valence-electron chi connectivity index (χ0n) is 14.0. The summed E-state index contributed by atoms with van der Waals surface area (Å²) < 4.78 is 6.96. The summed E-state index contributed by atoms with van der Waals surface area (Å²) in [6, 6.07) is 2.08. The molecule has 0 spiro atoms. The molecule has 132 valence electrons. The van der Waals surface area contributed by atoms with Gasteiger partial charge < -0.3 is 9.64 Å². The quantitative estimate of drug-likeness (QED) is 0.571. The van der Waals surface area contributed by atoms with Crippen molar-refractivity contribution in [2.45, 2.75) is 63.6 Å². The van der Waals surface area contributed by atoms with Gasteiger partial charge in [-0.25, -0.2) is 4.42 Å². The average Bonchev–Trinajstić information content (AvgIpc) is 3.19. The van der Waals surface area contributed by atoms with E-state index >= 15 is 0 Å². The number of amides is 1. The molecule has 3 aliphatic rings. The molecule has 0 radical (unpaired) electrons. The molecule has 0 N–H and O–H groups in total. The Morgan fingerprint density at radius 1 is 1.29 bits per heavy atom. The summed E-state index contributed by atoms with van der Waals surface area (Å²) in [4.78, 5) is 25.1. The number of ether oxygens (including phenoxy) is 1. The molecule has 24 heavy (non-hydrogen) atoms. The van der Waals surface area contributed by atoms with Crippen molar-refractivity contribution in [1.29, 1.82) is 5.26 Å². The smallest absolute Gasteiger partial charge is 0.302 e. The third-order valence-corrected chi connectivity index (χ3v) is 6.08. The Morgan fingerprint density at radius 2 is 1.96 bits per heavy atom. The van der Waals surface area contributed by atoms with Crippen molar-refractivity contribution < 1.29 is 14.3 Å². The van der Waals surface area contributed by atoms with Crippen LogP contribution in [0, 0.1) is 23.2 Å². The average molecular weight is 354 g/mol. The highest BCUT2D eigenvalue weighted by molar-refractivity contribution is 6.14. The number of nitriles is 1. The van der Waals surface area contributed by atoms with E-state index < -0.39 is 0 Å². The Labute approximate surface area is 147 Å². The first-order chi connectivity index (χ1) is 11.5. The maximum atomic E-state index is 12.4. The maximum Gasteiger partial charge on any atom is 0.302 e. The van der Waals surface area contributed by atoms with E-state index in [4.69, 9.17) is 21.8 Å². The minimum absolute atomic E-state index is 0.0462. The van der Waals surface area contributed by atoms with Gasteiger partial charge in [0, 0.05) is 19.5 Å². The van der Waals surface area contributed by atoms with Crippen molar-refractivity contribution in [3.8, 4) is 6.07 Å². The number of fused-ring (bicyclic) bond motifs is 1. The Kier molecular flexibility index (Phi) is 5.31. The van der Waals surface area contributed by atoms with Crippen molar-refractivity contribution >= 4 is 23.7 Å². The summed E-state index contributed by atoms with van der Waals surface area (Å²) in [6.07, 6.45) is 5.39. The minimum atomic E-state index is -0.296. The molecule has 0 bridgehead atoms. The van der Waals surface area contributed by atoms with E-state index in [9.17, 15) is 9.59 Å². The molecule has 0 aromatic heterocycles. The summed E-state index contributed by atoms with van der Waals surface area (Å²) in [6.45, 7) is 2.27. The van der Waals surface area contributed by atoms with Gasteiger partial charge in [-0.1, -0.05) is 0 Å². The summed E-state index contributed by atoms with van der Waals surface area (Å²) in [7, 11) is 0. The van der Waals surface area contributed by atoms with Crippen molar-refractivity contribution in [3.05, 3.63) is 0 Å². The van der Waals surface area contributed by atoms with Gasteiger partial charge in [0.25, 0.3) is 0 Å². The molecule has 1 aliphatic heterocycles. The summed E-state index contributed by atoms with van der Waals surface area (Å²) >= 11 is 6.40. The maximum absolute atomic E-state index is 12.4. The van der Waals surface area contributed by atoms with Crippen LogP contribution in [0.15, 0.2) is 0 Å². The number of carbonyl (C=O) groups is 2. The monoisotopic (exact) mass is 353 g/mol. The van der Waals surface area contributed by atoms with Crippen LogP contribution >= 0.6 is 11.8 Å². The molecule has 0 aromatic carbocycles. The molecule has 7 heteroatoms. The zero-order valence-corrected chi connectivity index (χ0v) is 14.7. The van der Waals surface area contributed by atoms with Crippen molar-refractivity contribution in [1.82, 2.24) is 9.32 Å². The predicted molar refractivity (Wildman–Crippen MR) is 87.7 cm³/mol.